The Balaban J connectivity index is 1.80. The Bertz CT molecular complexity index is 442. The van der Waals surface area contributed by atoms with Crippen LogP contribution in [-0.2, 0) is 4.79 Å². The molecule has 0 radical (unpaired) electrons. The number of hydrogen-bond acceptors (Lipinski definition) is 4. The highest BCUT2D eigenvalue weighted by atomic mass is 16.5. The van der Waals surface area contributed by atoms with E-state index in [0.717, 1.165) is 31.7 Å². The van der Waals surface area contributed by atoms with E-state index in [0.29, 0.717) is 11.8 Å². The fourth-order valence-corrected chi connectivity index (χ4v) is 2.34. The van der Waals surface area contributed by atoms with Crippen molar-refractivity contribution in [2.75, 3.05) is 33.9 Å². The number of carbonyl (C=O) groups excluding carboxylic acids is 1. The van der Waals surface area contributed by atoms with E-state index in [1.165, 1.54) is 0 Å². The molecule has 0 spiro atoms. The molecule has 0 bridgehead atoms. The van der Waals surface area contributed by atoms with E-state index < -0.39 is 0 Å². The van der Waals surface area contributed by atoms with Crippen molar-refractivity contribution in [1.82, 2.24) is 10.2 Å². The molecule has 0 aromatic heterocycles. The number of piperidine rings is 1. The normalized spacial score (nSPS) is 16.0. The third-order valence-corrected chi connectivity index (χ3v) is 3.66. The third kappa shape index (κ3) is 3.87. The van der Waals surface area contributed by atoms with Crippen LogP contribution in [-0.4, -0.2) is 50.7 Å². The number of carbonyl (C=O) groups is 1. The molecule has 0 aliphatic carbocycles. The van der Waals surface area contributed by atoms with Crippen LogP contribution in [0.3, 0.4) is 0 Å². The van der Waals surface area contributed by atoms with Crippen molar-refractivity contribution >= 4 is 5.91 Å². The first-order chi connectivity index (χ1) is 9.72. The molecule has 2 rings (SSSR count). The van der Waals surface area contributed by atoms with Crippen LogP contribution in [0.4, 0.5) is 0 Å². The molecule has 20 heavy (non-hydrogen) atoms. The van der Waals surface area contributed by atoms with Gasteiger partial charge in [-0.05, 0) is 32.0 Å². The highest BCUT2D eigenvalue weighted by Gasteiger charge is 2.21. The first-order valence-corrected chi connectivity index (χ1v) is 6.95. The van der Waals surface area contributed by atoms with Crippen LogP contribution >= 0.6 is 0 Å². The van der Waals surface area contributed by atoms with Gasteiger partial charge in [-0.1, -0.05) is 6.07 Å². The SMILES string of the molecule is CNC1CCN(C(=O)COc2cccc(OC)c2)CC1. The van der Waals surface area contributed by atoms with Crippen LogP contribution in [0, 0.1) is 0 Å². The Labute approximate surface area is 119 Å². The molecule has 5 heteroatoms. The zero-order chi connectivity index (χ0) is 14.4. The number of rotatable bonds is 5. The van der Waals surface area contributed by atoms with Gasteiger partial charge in [-0.2, -0.15) is 0 Å². The summed E-state index contributed by atoms with van der Waals surface area (Å²) in [5.74, 6) is 1.43. The number of benzene rings is 1. The largest absolute Gasteiger partial charge is 0.497 e. The Morgan fingerprint density at radius 1 is 1.35 bits per heavy atom. The van der Waals surface area contributed by atoms with Crippen LogP contribution < -0.4 is 14.8 Å². The molecule has 1 N–H and O–H groups in total. The maximum atomic E-state index is 12.1. The molecule has 1 fully saturated rings. The van der Waals surface area contributed by atoms with Crippen LogP contribution in [0.25, 0.3) is 0 Å². The summed E-state index contributed by atoms with van der Waals surface area (Å²) >= 11 is 0. The molecule has 5 nitrogen and oxygen atoms in total. The first kappa shape index (κ1) is 14.7. The van der Waals surface area contributed by atoms with Crippen LogP contribution in [0.15, 0.2) is 24.3 Å². The molecular formula is C15H22N2O3. The number of nitrogens with one attached hydrogen (secondary N) is 1. The second kappa shape index (κ2) is 7.14. The summed E-state index contributed by atoms with van der Waals surface area (Å²) in [4.78, 5) is 13.9. The van der Waals surface area contributed by atoms with E-state index in [1.54, 1.807) is 13.2 Å². The van der Waals surface area contributed by atoms with Gasteiger partial charge in [0.1, 0.15) is 11.5 Å². The maximum absolute atomic E-state index is 12.1. The number of ether oxygens (including phenoxy) is 2. The first-order valence-electron chi connectivity index (χ1n) is 6.95. The average molecular weight is 278 g/mol. The van der Waals surface area contributed by atoms with Gasteiger partial charge in [0.2, 0.25) is 0 Å². The summed E-state index contributed by atoms with van der Waals surface area (Å²) < 4.78 is 10.6. The molecule has 0 saturated carbocycles. The third-order valence-electron chi connectivity index (χ3n) is 3.66. The lowest BCUT2D eigenvalue weighted by atomic mass is 10.1. The molecule has 1 aliphatic rings. The monoisotopic (exact) mass is 278 g/mol. The molecule has 1 heterocycles. The fourth-order valence-electron chi connectivity index (χ4n) is 2.34. The highest BCUT2D eigenvalue weighted by molar-refractivity contribution is 5.77. The molecule has 1 saturated heterocycles. The lowest BCUT2D eigenvalue weighted by Gasteiger charge is -2.31. The topological polar surface area (TPSA) is 50.8 Å². The average Bonchev–Trinajstić information content (AvgIpc) is 2.53. The summed E-state index contributed by atoms with van der Waals surface area (Å²) in [5, 5.41) is 3.25. The Morgan fingerprint density at radius 3 is 2.70 bits per heavy atom. The lowest BCUT2D eigenvalue weighted by Crippen LogP contribution is -2.45. The Hall–Kier alpha value is -1.75. The molecule has 0 atom stereocenters. The predicted molar refractivity (Wildman–Crippen MR) is 77.2 cm³/mol. The van der Waals surface area contributed by atoms with E-state index in [2.05, 4.69) is 5.32 Å². The number of hydrogen-bond donors (Lipinski definition) is 1. The molecule has 0 unspecified atom stereocenters. The quantitative estimate of drug-likeness (QED) is 0.881. The number of methoxy groups -OCH3 is 1. The van der Waals surface area contributed by atoms with E-state index in [4.69, 9.17) is 9.47 Å². The standard InChI is InChI=1S/C15H22N2O3/c1-16-12-6-8-17(9-7-12)15(18)11-20-14-5-3-4-13(10-14)19-2/h3-5,10,12,16H,6-9,11H2,1-2H3. The molecule has 1 aromatic rings. The van der Waals surface area contributed by atoms with Crippen molar-refractivity contribution in [3.63, 3.8) is 0 Å². The summed E-state index contributed by atoms with van der Waals surface area (Å²) in [7, 11) is 3.57. The van der Waals surface area contributed by atoms with Gasteiger partial charge in [0.15, 0.2) is 6.61 Å². The lowest BCUT2D eigenvalue weighted by molar-refractivity contribution is -0.134. The zero-order valence-corrected chi connectivity index (χ0v) is 12.1. The number of nitrogens with zero attached hydrogens (tertiary/aromatic N) is 1. The minimum absolute atomic E-state index is 0.0439. The molecule has 1 aromatic carbocycles. The Kier molecular flexibility index (Phi) is 5.24. The number of likely N-dealkylation sites (tertiary alicyclic amines) is 1. The van der Waals surface area contributed by atoms with Crippen molar-refractivity contribution in [1.29, 1.82) is 0 Å². The van der Waals surface area contributed by atoms with E-state index >= 15 is 0 Å². The molecule has 110 valence electrons. The minimum Gasteiger partial charge on any atom is -0.497 e. The van der Waals surface area contributed by atoms with E-state index in [-0.39, 0.29) is 12.5 Å². The zero-order valence-electron chi connectivity index (χ0n) is 12.1. The van der Waals surface area contributed by atoms with Crippen molar-refractivity contribution in [3.8, 4) is 11.5 Å². The van der Waals surface area contributed by atoms with Crippen molar-refractivity contribution in [3.05, 3.63) is 24.3 Å². The second-order valence-corrected chi connectivity index (χ2v) is 4.91. The summed E-state index contributed by atoms with van der Waals surface area (Å²) in [6, 6.07) is 7.82. The van der Waals surface area contributed by atoms with Gasteiger partial charge >= 0.3 is 0 Å². The molecule has 1 amide bonds. The van der Waals surface area contributed by atoms with Gasteiger partial charge in [-0.3, -0.25) is 4.79 Å². The van der Waals surface area contributed by atoms with Crippen molar-refractivity contribution in [2.45, 2.75) is 18.9 Å². The van der Waals surface area contributed by atoms with Crippen LogP contribution in [0.5, 0.6) is 11.5 Å². The smallest absolute Gasteiger partial charge is 0.260 e. The van der Waals surface area contributed by atoms with Crippen molar-refractivity contribution < 1.29 is 14.3 Å². The summed E-state index contributed by atoms with van der Waals surface area (Å²) in [6.45, 7) is 1.68. The predicted octanol–water partition coefficient (Wildman–Crippen LogP) is 1.28. The van der Waals surface area contributed by atoms with Gasteiger partial charge in [-0.25, -0.2) is 0 Å². The minimum atomic E-state index is 0.0439. The fraction of sp³-hybridized carbons (Fsp3) is 0.533. The second-order valence-electron chi connectivity index (χ2n) is 4.91. The van der Waals surface area contributed by atoms with Crippen LogP contribution in [0.2, 0.25) is 0 Å². The van der Waals surface area contributed by atoms with Crippen molar-refractivity contribution in [2.24, 2.45) is 0 Å². The maximum Gasteiger partial charge on any atom is 0.260 e. The van der Waals surface area contributed by atoms with Gasteiger partial charge in [-0.15, -0.1) is 0 Å². The molecular weight excluding hydrogens is 256 g/mol. The summed E-state index contributed by atoms with van der Waals surface area (Å²) in [5.41, 5.74) is 0. The Morgan fingerprint density at radius 2 is 2.05 bits per heavy atom. The highest BCUT2D eigenvalue weighted by Crippen LogP contribution is 2.19. The number of amides is 1. The van der Waals surface area contributed by atoms with E-state index in [9.17, 15) is 4.79 Å². The molecule has 1 aliphatic heterocycles. The summed E-state index contributed by atoms with van der Waals surface area (Å²) in [6.07, 6.45) is 2.00. The van der Waals surface area contributed by atoms with Gasteiger partial charge in [0, 0.05) is 25.2 Å². The van der Waals surface area contributed by atoms with E-state index in [1.807, 2.05) is 30.1 Å². The van der Waals surface area contributed by atoms with Gasteiger partial charge < -0.3 is 19.7 Å². The van der Waals surface area contributed by atoms with Crippen LogP contribution in [0.1, 0.15) is 12.8 Å². The van der Waals surface area contributed by atoms with Gasteiger partial charge in [0.05, 0.1) is 7.11 Å². The van der Waals surface area contributed by atoms with Gasteiger partial charge in [0.25, 0.3) is 5.91 Å².